The number of likely N-dealkylation sites (N-methyl/N-ethyl adjacent to an activating group) is 1. The van der Waals surface area contributed by atoms with Crippen molar-refractivity contribution >= 4 is 23.5 Å². The molecule has 0 aromatic carbocycles. The minimum Gasteiger partial charge on any atom is -0.444 e. The third kappa shape index (κ3) is 5.23. The van der Waals surface area contributed by atoms with E-state index in [0.29, 0.717) is 11.7 Å². The maximum absolute atomic E-state index is 12.4. The molecule has 128 valence electrons. The van der Waals surface area contributed by atoms with Crippen LogP contribution in [0.4, 0.5) is 10.6 Å². The summed E-state index contributed by atoms with van der Waals surface area (Å²) in [5, 5.41) is 0.412. The highest BCUT2D eigenvalue weighted by Crippen LogP contribution is 2.22. The molecule has 1 aliphatic rings. The Balaban J connectivity index is 2.05. The molecule has 1 aromatic rings. The van der Waals surface area contributed by atoms with Crippen molar-refractivity contribution in [1.29, 1.82) is 0 Å². The predicted molar refractivity (Wildman–Crippen MR) is 90.9 cm³/mol. The molecule has 0 bridgehead atoms. The van der Waals surface area contributed by atoms with Crippen LogP contribution >= 0.6 is 11.6 Å². The van der Waals surface area contributed by atoms with Gasteiger partial charge in [0.1, 0.15) is 22.9 Å². The van der Waals surface area contributed by atoms with Gasteiger partial charge in [-0.05, 0) is 40.0 Å². The van der Waals surface area contributed by atoms with E-state index in [-0.39, 0.29) is 12.1 Å². The van der Waals surface area contributed by atoms with Gasteiger partial charge in [0.2, 0.25) is 0 Å². The van der Waals surface area contributed by atoms with Crippen LogP contribution in [-0.2, 0) is 4.74 Å². The van der Waals surface area contributed by atoms with Crippen LogP contribution in [-0.4, -0.2) is 52.7 Å². The normalized spacial score (nSPS) is 18.7. The van der Waals surface area contributed by atoms with Gasteiger partial charge >= 0.3 is 6.09 Å². The molecule has 0 radical (unpaired) electrons. The van der Waals surface area contributed by atoms with Crippen LogP contribution in [0.3, 0.4) is 0 Å². The van der Waals surface area contributed by atoms with E-state index >= 15 is 0 Å². The summed E-state index contributed by atoms with van der Waals surface area (Å²) >= 11 is 5.92. The molecule has 0 saturated carbocycles. The number of rotatable bonds is 3. The Hall–Kier alpha value is -1.56. The van der Waals surface area contributed by atoms with Crippen molar-refractivity contribution in [3.05, 3.63) is 17.5 Å². The smallest absolute Gasteiger partial charge is 0.410 e. The molecule has 0 N–H and O–H groups in total. The minimum absolute atomic E-state index is 0.109. The molecule has 1 atom stereocenters. The predicted octanol–water partition coefficient (Wildman–Crippen LogP) is 3.36. The number of ether oxygens (including phenoxy) is 1. The number of likely N-dealkylation sites (tertiary alicyclic amines) is 1. The van der Waals surface area contributed by atoms with Gasteiger partial charge in [0.05, 0.1) is 6.04 Å². The zero-order chi connectivity index (χ0) is 17.0. The highest BCUT2D eigenvalue weighted by Gasteiger charge is 2.31. The highest BCUT2D eigenvalue weighted by atomic mass is 35.5. The minimum atomic E-state index is -0.481. The van der Waals surface area contributed by atoms with E-state index in [2.05, 4.69) is 9.97 Å². The Morgan fingerprint density at radius 3 is 2.83 bits per heavy atom. The van der Waals surface area contributed by atoms with E-state index in [4.69, 9.17) is 16.3 Å². The van der Waals surface area contributed by atoms with E-state index in [1.807, 2.05) is 37.6 Å². The zero-order valence-electron chi connectivity index (χ0n) is 14.3. The van der Waals surface area contributed by atoms with Crippen LogP contribution < -0.4 is 4.90 Å². The van der Waals surface area contributed by atoms with Crippen molar-refractivity contribution in [3.8, 4) is 0 Å². The van der Waals surface area contributed by atoms with E-state index < -0.39 is 5.60 Å². The first kappa shape index (κ1) is 17.8. The van der Waals surface area contributed by atoms with Crippen molar-refractivity contribution in [2.45, 2.75) is 51.7 Å². The van der Waals surface area contributed by atoms with Crippen molar-refractivity contribution in [1.82, 2.24) is 14.9 Å². The monoisotopic (exact) mass is 340 g/mol. The first-order valence-electron chi connectivity index (χ1n) is 7.94. The summed E-state index contributed by atoms with van der Waals surface area (Å²) in [6, 6.07) is 1.83. The van der Waals surface area contributed by atoms with E-state index in [1.54, 1.807) is 6.07 Å². The zero-order valence-corrected chi connectivity index (χ0v) is 15.0. The summed E-state index contributed by atoms with van der Waals surface area (Å²) < 4.78 is 5.54. The van der Waals surface area contributed by atoms with Gasteiger partial charge in [-0.15, -0.1) is 0 Å². The molecule has 6 nitrogen and oxygen atoms in total. The molecule has 1 aliphatic heterocycles. The molecule has 2 rings (SSSR count). The number of carbonyl (C=O) groups excluding carboxylic acids is 1. The Morgan fingerprint density at radius 2 is 2.17 bits per heavy atom. The fourth-order valence-electron chi connectivity index (χ4n) is 2.69. The second kappa shape index (κ2) is 7.34. The van der Waals surface area contributed by atoms with Crippen molar-refractivity contribution in [3.63, 3.8) is 0 Å². The summed E-state index contributed by atoms with van der Waals surface area (Å²) in [6.07, 6.45) is 4.29. The van der Waals surface area contributed by atoms with Crippen LogP contribution in [0, 0.1) is 0 Å². The molecule has 23 heavy (non-hydrogen) atoms. The van der Waals surface area contributed by atoms with Gasteiger partial charge in [0, 0.05) is 26.2 Å². The Morgan fingerprint density at radius 1 is 1.43 bits per heavy atom. The average molecular weight is 341 g/mol. The molecule has 7 heteroatoms. The topological polar surface area (TPSA) is 58.6 Å². The van der Waals surface area contributed by atoms with E-state index in [0.717, 1.165) is 31.6 Å². The molecule has 2 heterocycles. The molecule has 1 saturated heterocycles. The average Bonchev–Trinajstić information content (AvgIpc) is 2.46. The van der Waals surface area contributed by atoms with Gasteiger partial charge in [-0.1, -0.05) is 11.6 Å². The molecule has 1 aromatic heterocycles. The van der Waals surface area contributed by atoms with Gasteiger partial charge in [-0.2, -0.15) is 0 Å². The number of nitrogens with zero attached hydrogens (tertiary/aromatic N) is 4. The fourth-order valence-corrected chi connectivity index (χ4v) is 2.84. The summed E-state index contributed by atoms with van der Waals surface area (Å²) in [4.78, 5) is 24.4. The van der Waals surface area contributed by atoms with Crippen molar-refractivity contribution in [2.24, 2.45) is 0 Å². The number of hydrogen-bond donors (Lipinski definition) is 0. The highest BCUT2D eigenvalue weighted by molar-refractivity contribution is 6.29. The Labute approximate surface area is 142 Å². The Bertz CT molecular complexity index is 547. The SMILES string of the molecule is CN(C[C@H]1CCCCN1C(=O)OC(C)(C)C)c1cc(Cl)ncn1. The maximum Gasteiger partial charge on any atom is 0.410 e. The van der Waals surface area contributed by atoms with Crippen molar-refractivity contribution in [2.75, 3.05) is 25.0 Å². The summed E-state index contributed by atoms with van der Waals surface area (Å²) in [5.41, 5.74) is -0.481. The van der Waals surface area contributed by atoms with Gasteiger partial charge < -0.3 is 14.5 Å². The molecule has 0 spiro atoms. The molecular formula is C16H25ClN4O2. The lowest BCUT2D eigenvalue weighted by atomic mass is 10.0. The molecule has 0 unspecified atom stereocenters. The first-order chi connectivity index (χ1) is 10.8. The molecule has 0 aliphatic carbocycles. The number of piperidine rings is 1. The first-order valence-corrected chi connectivity index (χ1v) is 8.32. The van der Waals surface area contributed by atoms with Crippen molar-refractivity contribution < 1.29 is 9.53 Å². The number of halogens is 1. The van der Waals surface area contributed by atoms with Crippen LogP contribution in [0.25, 0.3) is 0 Å². The maximum atomic E-state index is 12.4. The number of amides is 1. The fraction of sp³-hybridized carbons (Fsp3) is 0.688. The van der Waals surface area contributed by atoms with E-state index in [9.17, 15) is 4.79 Å². The van der Waals surface area contributed by atoms with Gasteiger partial charge in [0.25, 0.3) is 0 Å². The van der Waals surface area contributed by atoms with Crippen LogP contribution in [0.1, 0.15) is 40.0 Å². The number of hydrogen-bond acceptors (Lipinski definition) is 5. The lowest BCUT2D eigenvalue weighted by Gasteiger charge is -2.38. The van der Waals surface area contributed by atoms with Gasteiger partial charge in [-0.3, -0.25) is 0 Å². The molecule has 1 fully saturated rings. The second-order valence-electron chi connectivity index (χ2n) is 6.90. The quantitative estimate of drug-likeness (QED) is 0.790. The molecule has 1 amide bonds. The lowest BCUT2D eigenvalue weighted by Crippen LogP contribution is -2.50. The van der Waals surface area contributed by atoms with Crippen LogP contribution in [0.15, 0.2) is 12.4 Å². The van der Waals surface area contributed by atoms with Crippen LogP contribution in [0.2, 0.25) is 5.15 Å². The summed E-state index contributed by atoms with van der Waals surface area (Å²) in [5.74, 6) is 0.750. The standard InChI is InChI=1S/C16H25ClN4O2/c1-16(2,3)23-15(22)21-8-6-5-7-12(21)10-20(4)14-9-13(17)18-11-19-14/h9,11-12H,5-8,10H2,1-4H3/t12-/m1/s1. The van der Waals surface area contributed by atoms with Crippen LogP contribution in [0.5, 0.6) is 0 Å². The lowest BCUT2D eigenvalue weighted by molar-refractivity contribution is 0.0108. The summed E-state index contributed by atoms with van der Waals surface area (Å²) in [6.45, 7) is 7.08. The van der Waals surface area contributed by atoms with Gasteiger partial charge in [0.15, 0.2) is 0 Å². The Kier molecular flexibility index (Phi) is 5.68. The number of aromatic nitrogens is 2. The largest absolute Gasteiger partial charge is 0.444 e. The van der Waals surface area contributed by atoms with E-state index in [1.165, 1.54) is 6.33 Å². The number of anilines is 1. The third-order valence-electron chi connectivity index (χ3n) is 3.75. The molecular weight excluding hydrogens is 316 g/mol. The van der Waals surface area contributed by atoms with Gasteiger partial charge in [-0.25, -0.2) is 14.8 Å². The summed E-state index contributed by atoms with van der Waals surface area (Å²) in [7, 11) is 1.94. The third-order valence-corrected chi connectivity index (χ3v) is 3.96. The number of carbonyl (C=O) groups is 1. The second-order valence-corrected chi connectivity index (χ2v) is 7.29.